The Morgan fingerprint density at radius 1 is 0.968 bits per heavy atom. The van der Waals surface area contributed by atoms with Gasteiger partial charge in [0.1, 0.15) is 18.2 Å². The van der Waals surface area contributed by atoms with Crippen LogP contribution in [0.3, 0.4) is 0 Å². The predicted octanol–water partition coefficient (Wildman–Crippen LogP) is 3.37. The maximum absolute atomic E-state index is 12.5. The van der Waals surface area contributed by atoms with Crippen molar-refractivity contribution in [2.45, 2.75) is 44.8 Å². The lowest BCUT2D eigenvalue weighted by atomic mass is 9.98. The fourth-order valence-corrected chi connectivity index (χ4v) is 3.72. The minimum absolute atomic E-state index is 0.0949. The Bertz CT molecular complexity index is 934. The number of hydrogen-bond donors (Lipinski definition) is 2. The SMILES string of the molecule is CNC(=O)C(CC(=O)OC(C)(C)C)NC(=O)OCC1c2ccccc2-c2ccccc21. The van der Waals surface area contributed by atoms with Crippen LogP contribution in [0.4, 0.5) is 4.79 Å². The normalized spacial score (nSPS) is 13.5. The molecule has 1 aliphatic rings. The van der Waals surface area contributed by atoms with E-state index in [-0.39, 0.29) is 18.9 Å². The van der Waals surface area contributed by atoms with Crippen molar-refractivity contribution in [2.24, 2.45) is 0 Å². The van der Waals surface area contributed by atoms with Gasteiger partial charge in [0.05, 0.1) is 6.42 Å². The molecule has 0 heterocycles. The van der Waals surface area contributed by atoms with Gasteiger partial charge in [0.25, 0.3) is 0 Å². The highest BCUT2D eigenvalue weighted by atomic mass is 16.6. The Kier molecular flexibility index (Phi) is 6.63. The van der Waals surface area contributed by atoms with E-state index < -0.39 is 29.6 Å². The van der Waals surface area contributed by atoms with Gasteiger partial charge in [-0.25, -0.2) is 4.79 Å². The van der Waals surface area contributed by atoms with Crippen LogP contribution in [-0.4, -0.2) is 43.3 Å². The monoisotopic (exact) mass is 424 g/mol. The molecular weight excluding hydrogens is 396 g/mol. The van der Waals surface area contributed by atoms with E-state index in [1.165, 1.54) is 7.05 Å². The Morgan fingerprint density at radius 3 is 2.03 bits per heavy atom. The molecule has 7 nitrogen and oxygen atoms in total. The van der Waals surface area contributed by atoms with Crippen LogP contribution in [0, 0.1) is 0 Å². The number of rotatable bonds is 6. The van der Waals surface area contributed by atoms with E-state index in [1.54, 1.807) is 20.8 Å². The smallest absolute Gasteiger partial charge is 0.407 e. The molecule has 2 aromatic rings. The Labute approximate surface area is 182 Å². The molecule has 0 fully saturated rings. The van der Waals surface area contributed by atoms with Crippen molar-refractivity contribution >= 4 is 18.0 Å². The van der Waals surface area contributed by atoms with Gasteiger partial charge in [0, 0.05) is 13.0 Å². The summed E-state index contributed by atoms with van der Waals surface area (Å²) in [6.45, 7) is 5.32. The van der Waals surface area contributed by atoms with Crippen LogP contribution in [0.15, 0.2) is 48.5 Å². The summed E-state index contributed by atoms with van der Waals surface area (Å²) in [5, 5.41) is 4.93. The molecule has 3 rings (SSSR count). The Balaban J connectivity index is 1.65. The zero-order valence-electron chi connectivity index (χ0n) is 18.2. The van der Waals surface area contributed by atoms with E-state index >= 15 is 0 Å². The van der Waals surface area contributed by atoms with Crippen LogP contribution >= 0.6 is 0 Å². The first kappa shape index (κ1) is 22.3. The zero-order valence-corrected chi connectivity index (χ0v) is 18.2. The minimum atomic E-state index is -1.09. The second-order valence-electron chi connectivity index (χ2n) is 8.43. The third kappa shape index (κ3) is 5.42. The Hall–Kier alpha value is -3.35. The van der Waals surface area contributed by atoms with Crippen molar-refractivity contribution in [1.82, 2.24) is 10.6 Å². The quantitative estimate of drug-likeness (QED) is 0.694. The first-order chi connectivity index (χ1) is 14.7. The number of esters is 1. The highest BCUT2D eigenvalue weighted by Crippen LogP contribution is 2.44. The van der Waals surface area contributed by atoms with Crippen LogP contribution in [0.1, 0.15) is 44.2 Å². The molecular formula is C24H28N2O5. The van der Waals surface area contributed by atoms with Crippen molar-refractivity contribution in [3.8, 4) is 11.1 Å². The van der Waals surface area contributed by atoms with Crippen molar-refractivity contribution in [1.29, 1.82) is 0 Å². The van der Waals surface area contributed by atoms with Gasteiger partial charge in [-0.05, 0) is 43.0 Å². The van der Waals surface area contributed by atoms with E-state index in [4.69, 9.17) is 9.47 Å². The summed E-state index contributed by atoms with van der Waals surface area (Å²) in [7, 11) is 1.43. The number of likely N-dealkylation sites (N-methyl/N-ethyl adjacent to an activating group) is 1. The third-order valence-corrected chi connectivity index (χ3v) is 4.99. The van der Waals surface area contributed by atoms with Crippen molar-refractivity contribution in [3.05, 3.63) is 59.7 Å². The number of hydrogen-bond acceptors (Lipinski definition) is 5. The number of carbonyl (C=O) groups is 3. The summed E-state index contributed by atoms with van der Waals surface area (Å²) in [4.78, 5) is 36.7. The van der Waals surface area contributed by atoms with Gasteiger partial charge < -0.3 is 20.1 Å². The maximum Gasteiger partial charge on any atom is 0.407 e. The van der Waals surface area contributed by atoms with Crippen LogP contribution in [-0.2, 0) is 19.1 Å². The van der Waals surface area contributed by atoms with Crippen LogP contribution in [0.25, 0.3) is 11.1 Å². The van der Waals surface area contributed by atoms with Gasteiger partial charge >= 0.3 is 12.1 Å². The number of fused-ring (bicyclic) bond motifs is 3. The number of amides is 2. The molecule has 1 aliphatic carbocycles. The summed E-state index contributed by atoms with van der Waals surface area (Å²) in [5.74, 6) is -1.18. The van der Waals surface area contributed by atoms with E-state index in [1.807, 2.05) is 36.4 Å². The van der Waals surface area contributed by atoms with Gasteiger partial charge in [-0.3, -0.25) is 9.59 Å². The lowest BCUT2D eigenvalue weighted by Crippen LogP contribution is -2.47. The van der Waals surface area contributed by atoms with Gasteiger partial charge in [0.2, 0.25) is 5.91 Å². The molecule has 2 N–H and O–H groups in total. The highest BCUT2D eigenvalue weighted by Gasteiger charge is 2.30. The van der Waals surface area contributed by atoms with Crippen LogP contribution < -0.4 is 10.6 Å². The fourth-order valence-electron chi connectivity index (χ4n) is 3.72. The van der Waals surface area contributed by atoms with Crippen molar-refractivity contribution in [3.63, 3.8) is 0 Å². The summed E-state index contributed by atoms with van der Waals surface area (Å²) in [6, 6.07) is 14.9. The Morgan fingerprint density at radius 2 is 1.52 bits per heavy atom. The number of nitrogens with one attached hydrogen (secondary N) is 2. The second kappa shape index (κ2) is 9.20. The second-order valence-corrected chi connectivity index (χ2v) is 8.43. The van der Waals surface area contributed by atoms with Gasteiger partial charge in [-0.15, -0.1) is 0 Å². The first-order valence-electron chi connectivity index (χ1n) is 10.2. The van der Waals surface area contributed by atoms with Crippen molar-refractivity contribution in [2.75, 3.05) is 13.7 Å². The molecule has 1 atom stereocenters. The predicted molar refractivity (Wildman–Crippen MR) is 117 cm³/mol. The molecule has 0 saturated heterocycles. The molecule has 1 unspecified atom stereocenters. The largest absolute Gasteiger partial charge is 0.460 e. The lowest BCUT2D eigenvalue weighted by Gasteiger charge is -2.22. The fraction of sp³-hybridized carbons (Fsp3) is 0.375. The van der Waals surface area contributed by atoms with E-state index in [0.29, 0.717) is 0 Å². The average Bonchev–Trinajstić information content (AvgIpc) is 3.03. The van der Waals surface area contributed by atoms with E-state index in [9.17, 15) is 14.4 Å². The molecule has 2 aromatic carbocycles. The molecule has 164 valence electrons. The molecule has 2 amide bonds. The summed E-state index contributed by atoms with van der Waals surface area (Å²) < 4.78 is 10.7. The molecule has 7 heteroatoms. The summed E-state index contributed by atoms with van der Waals surface area (Å²) in [5.41, 5.74) is 3.75. The maximum atomic E-state index is 12.5. The third-order valence-electron chi connectivity index (χ3n) is 4.99. The lowest BCUT2D eigenvalue weighted by molar-refractivity contribution is -0.156. The number of carbonyl (C=O) groups excluding carboxylic acids is 3. The standard InChI is InChI=1S/C24H28N2O5/c1-24(2,3)31-21(27)13-20(22(28)25-4)26-23(29)30-14-19-17-11-7-5-9-15(17)16-10-6-8-12-18(16)19/h5-12,19-20H,13-14H2,1-4H3,(H,25,28)(H,26,29). The molecule has 0 aromatic heterocycles. The number of ether oxygens (including phenoxy) is 2. The topological polar surface area (TPSA) is 93.7 Å². The van der Waals surface area contributed by atoms with Gasteiger partial charge in [-0.1, -0.05) is 48.5 Å². The van der Waals surface area contributed by atoms with Gasteiger partial charge in [-0.2, -0.15) is 0 Å². The summed E-state index contributed by atoms with van der Waals surface area (Å²) >= 11 is 0. The van der Waals surface area contributed by atoms with Gasteiger partial charge in [0.15, 0.2) is 0 Å². The van der Waals surface area contributed by atoms with E-state index in [2.05, 4.69) is 22.8 Å². The molecule has 0 bridgehead atoms. The molecule has 0 saturated carbocycles. The zero-order chi connectivity index (χ0) is 22.6. The minimum Gasteiger partial charge on any atom is -0.460 e. The molecule has 0 aliphatic heterocycles. The molecule has 31 heavy (non-hydrogen) atoms. The first-order valence-corrected chi connectivity index (χ1v) is 10.2. The van der Waals surface area contributed by atoms with Crippen molar-refractivity contribution < 1.29 is 23.9 Å². The van der Waals surface area contributed by atoms with Crippen LogP contribution in [0.5, 0.6) is 0 Å². The molecule has 0 radical (unpaired) electrons. The number of alkyl carbamates (subject to hydrolysis) is 1. The molecule has 0 spiro atoms. The van der Waals surface area contributed by atoms with Crippen LogP contribution in [0.2, 0.25) is 0 Å². The average molecular weight is 424 g/mol. The highest BCUT2D eigenvalue weighted by molar-refractivity contribution is 5.89. The number of benzene rings is 2. The van der Waals surface area contributed by atoms with E-state index in [0.717, 1.165) is 22.3 Å². The summed E-state index contributed by atoms with van der Waals surface area (Å²) in [6.07, 6.45) is -1.06.